The van der Waals surface area contributed by atoms with Crippen molar-refractivity contribution in [2.75, 3.05) is 33.4 Å². The van der Waals surface area contributed by atoms with Crippen molar-refractivity contribution in [3.8, 4) is 0 Å². The molecule has 0 aromatic carbocycles. The summed E-state index contributed by atoms with van der Waals surface area (Å²) in [7, 11) is 1.67. The highest BCUT2D eigenvalue weighted by molar-refractivity contribution is 5.81. The van der Waals surface area contributed by atoms with Crippen LogP contribution in [0.5, 0.6) is 0 Å². The number of likely N-dealkylation sites (tertiary alicyclic amines) is 1. The number of hydrogen-bond donors (Lipinski definition) is 0. The first-order valence-corrected chi connectivity index (χ1v) is 6.09. The van der Waals surface area contributed by atoms with E-state index >= 15 is 0 Å². The van der Waals surface area contributed by atoms with Crippen LogP contribution in [0.25, 0.3) is 0 Å². The predicted octanol–water partition coefficient (Wildman–Crippen LogP) is 0.825. The molecule has 1 amide bonds. The molecule has 98 valence electrons. The molecule has 1 saturated heterocycles. The zero-order chi connectivity index (χ0) is 12.7. The Morgan fingerprint density at radius 2 is 2.12 bits per heavy atom. The van der Waals surface area contributed by atoms with E-state index in [1.54, 1.807) is 14.0 Å². The van der Waals surface area contributed by atoms with Crippen molar-refractivity contribution in [3.63, 3.8) is 0 Å². The maximum Gasteiger partial charge on any atom is 0.306 e. The molecule has 1 fully saturated rings. The van der Waals surface area contributed by atoms with E-state index in [1.165, 1.54) is 0 Å². The van der Waals surface area contributed by atoms with Crippen LogP contribution in [0.1, 0.15) is 26.2 Å². The highest BCUT2D eigenvalue weighted by Gasteiger charge is 2.26. The Labute approximate surface area is 102 Å². The van der Waals surface area contributed by atoms with Gasteiger partial charge >= 0.3 is 5.97 Å². The van der Waals surface area contributed by atoms with Crippen LogP contribution in [0.2, 0.25) is 0 Å². The van der Waals surface area contributed by atoms with Crippen LogP contribution < -0.4 is 0 Å². The largest absolute Gasteiger partial charge is 0.466 e. The molecule has 1 aliphatic heterocycles. The molecular formula is C12H21NO4. The number of carbonyl (C=O) groups is 2. The van der Waals surface area contributed by atoms with Crippen molar-refractivity contribution < 1.29 is 19.1 Å². The normalized spacial score (nSPS) is 19.4. The molecule has 0 spiro atoms. The van der Waals surface area contributed by atoms with E-state index in [0.717, 1.165) is 19.5 Å². The van der Waals surface area contributed by atoms with Crippen LogP contribution in [0.3, 0.4) is 0 Å². The molecule has 0 N–H and O–H groups in total. The molecule has 5 nitrogen and oxygen atoms in total. The summed E-state index contributed by atoms with van der Waals surface area (Å²) in [6.07, 6.45) is 1.41. The fourth-order valence-electron chi connectivity index (χ4n) is 2.03. The summed E-state index contributed by atoms with van der Waals surface area (Å²) in [5, 5.41) is 0. The van der Waals surface area contributed by atoms with Crippen LogP contribution in [0.4, 0.5) is 0 Å². The SMILES string of the molecule is CCOC(=O)CCC(=O)N1CCC(COC)C1. The van der Waals surface area contributed by atoms with Crippen molar-refractivity contribution in [2.24, 2.45) is 5.92 Å². The summed E-state index contributed by atoms with van der Waals surface area (Å²) >= 11 is 0. The van der Waals surface area contributed by atoms with E-state index in [2.05, 4.69) is 0 Å². The quantitative estimate of drug-likeness (QED) is 0.648. The van der Waals surface area contributed by atoms with Gasteiger partial charge in [-0.05, 0) is 13.3 Å². The topological polar surface area (TPSA) is 55.8 Å². The molecule has 0 aromatic heterocycles. The van der Waals surface area contributed by atoms with Gasteiger partial charge < -0.3 is 14.4 Å². The van der Waals surface area contributed by atoms with Gasteiger partial charge in [-0.15, -0.1) is 0 Å². The number of rotatable bonds is 6. The number of methoxy groups -OCH3 is 1. The van der Waals surface area contributed by atoms with E-state index in [4.69, 9.17) is 9.47 Å². The number of carbonyl (C=O) groups excluding carboxylic acids is 2. The first kappa shape index (κ1) is 14.0. The summed E-state index contributed by atoms with van der Waals surface area (Å²) in [5.41, 5.74) is 0. The van der Waals surface area contributed by atoms with Crippen LogP contribution >= 0.6 is 0 Å². The Bertz CT molecular complexity index is 267. The minimum absolute atomic E-state index is 0.0386. The molecule has 0 radical (unpaired) electrons. The smallest absolute Gasteiger partial charge is 0.306 e. The van der Waals surface area contributed by atoms with E-state index < -0.39 is 0 Å². The van der Waals surface area contributed by atoms with Crippen molar-refractivity contribution in [2.45, 2.75) is 26.2 Å². The number of amides is 1. The molecule has 1 rings (SSSR count). The average molecular weight is 243 g/mol. The van der Waals surface area contributed by atoms with Gasteiger partial charge in [0.2, 0.25) is 5.91 Å². The van der Waals surface area contributed by atoms with Crippen LogP contribution in [0.15, 0.2) is 0 Å². The fourth-order valence-corrected chi connectivity index (χ4v) is 2.03. The molecule has 1 aliphatic rings. The Hall–Kier alpha value is -1.10. The maximum absolute atomic E-state index is 11.8. The molecule has 1 heterocycles. The summed E-state index contributed by atoms with van der Waals surface area (Å²) in [6, 6.07) is 0. The van der Waals surface area contributed by atoms with Crippen LogP contribution in [0, 0.1) is 5.92 Å². The van der Waals surface area contributed by atoms with Crippen molar-refractivity contribution in [1.29, 1.82) is 0 Å². The molecule has 0 aromatic rings. The Morgan fingerprint density at radius 3 is 2.76 bits per heavy atom. The van der Waals surface area contributed by atoms with Gasteiger partial charge in [0.1, 0.15) is 0 Å². The zero-order valence-electron chi connectivity index (χ0n) is 10.6. The van der Waals surface area contributed by atoms with E-state index in [9.17, 15) is 9.59 Å². The van der Waals surface area contributed by atoms with Gasteiger partial charge in [-0.1, -0.05) is 0 Å². The lowest BCUT2D eigenvalue weighted by Gasteiger charge is -2.16. The van der Waals surface area contributed by atoms with Gasteiger partial charge in [-0.25, -0.2) is 0 Å². The first-order chi connectivity index (χ1) is 8.17. The summed E-state index contributed by atoms with van der Waals surface area (Å²) in [6.45, 7) is 4.34. The van der Waals surface area contributed by atoms with Crippen molar-refractivity contribution >= 4 is 11.9 Å². The number of ether oxygens (including phenoxy) is 2. The molecule has 5 heteroatoms. The molecular weight excluding hydrogens is 222 g/mol. The van der Waals surface area contributed by atoms with Crippen molar-refractivity contribution in [1.82, 2.24) is 4.90 Å². The second-order valence-electron chi connectivity index (χ2n) is 4.25. The minimum Gasteiger partial charge on any atom is -0.466 e. The Morgan fingerprint density at radius 1 is 1.35 bits per heavy atom. The van der Waals surface area contributed by atoms with Gasteiger partial charge in [0.25, 0.3) is 0 Å². The highest BCUT2D eigenvalue weighted by atomic mass is 16.5. The van der Waals surface area contributed by atoms with E-state index in [0.29, 0.717) is 19.1 Å². The fraction of sp³-hybridized carbons (Fsp3) is 0.833. The van der Waals surface area contributed by atoms with Gasteiger partial charge in [-0.2, -0.15) is 0 Å². The molecule has 17 heavy (non-hydrogen) atoms. The Kier molecular flexibility index (Phi) is 5.97. The van der Waals surface area contributed by atoms with E-state index in [-0.39, 0.29) is 24.7 Å². The third-order valence-corrected chi connectivity index (χ3v) is 2.89. The third kappa shape index (κ3) is 4.73. The number of hydrogen-bond acceptors (Lipinski definition) is 4. The van der Waals surface area contributed by atoms with Gasteiger partial charge in [0.05, 0.1) is 19.6 Å². The molecule has 0 aliphatic carbocycles. The van der Waals surface area contributed by atoms with Crippen LogP contribution in [-0.2, 0) is 19.1 Å². The lowest BCUT2D eigenvalue weighted by molar-refractivity contribution is -0.145. The summed E-state index contributed by atoms with van der Waals surface area (Å²) in [4.78, 5) is 24.7. The standard InChI is InChI=1S/C12H21NO4/c1-3-17-12(15)5-4-11(14)13-7-6-10(8-13)9-16-2/h10H,3-9H2,1-2H3. The second kappa shape index (κ2) is 7.27. The summed E-state index contributed by atoms with van der Waals surface area (Å²) in [5.74, 6) is 0.177. The highest BCUT2D eigenvalue weighted by Crippen LogP contribution is 2.17. The summed E-state index contributed by atoms with van der Waals surface area (Å²) < 4.78 is 9.86. The number of nitrogens with zero attached hydrogens (tertiary/aromatic N) is 1. The van der Waals surface area contributed by atoms with Gasteiger partial charge in [0.15, 0.2) is 0 Å². The number of esters is 1. The van der Waals surface area contributed by atoms with E-state index in [1.807, 2.05) is 4.90 Å². The lowest BCUT2D eigenvalue weighted by atomic mass is 10.1. The monoisotopic (exact) mass is 243 g/mol. The molecule has 1 unspecified atom stereocenters. The molecule has 0 bridgehead atoms. The third-order valence-electron chi connectivity index (χ3n) is 2.89. The average Bonchev–Trinajstić information content (AvgIpc) is 2.75. The van der Waals surface area contributed by atoms with Crippen LogP contribution in [-0.4, -0.2) is 50.2 Å². The second-order valence-corrected chi connectivity index (χ2v) is 4.25. The minimum atomic E-state index is -0.298. The maximum atomic E-state index is 11.8. The lowest BCUT2D eigenvalue weighted by Crippen LogP contribution is -2.29. The zero-order valence-corrected chi connectivity index (χ0v) is 10.6. The predicted molar refractivity (Wildman–Crippen MR) is 62.4 cm³/mol. The molecule has 0 saturated carbocycles. The Balaban J connectivity index is 2.22. The van der Waals surface area contributed by atoms with Gasteiger partial charge in [0, 0.05) is 32.5 Å². The van der Waals surface area contributed by atoms with Gasteiger partial charge in [-0.3, -0.25) is 9.59 Å². The molecule has 1 atom stereocenters. The first-order valence-electron chi connectivity index (χ1n) is 6.09. The van der Waals surface area contributed by atoms with Crippen molar-refractivity contribution in [3.05, 3.63) is 0 Å².